The van der Waals surface area contributed by atoms with Crippen molar-refractivity contribution in [3.8, 4) is 6.07 Å². The number of nitriles is 1. The van der Waals surface area contributed by atoms with Gasteiger partial charge in [-0.25, -0.2) is 0 Å². The maximum absolute atomic E-state index is 9.62. The van der Waals surface area contributed by atoms with Gasteiger partial charge >= 0.3 is 0 Å². The largest absolute Gasteiger partial charge is 0.309 e. The molecule has 8 heavy (non-hydrogen) atoms. The maximum atomic E-state index is 9.62. The van der Waals surface area contributed by atoms with Crippen molar-refractivity contribution in [1.29, 1.82) is 5.26 Å². The van der Waals surface area contributed by atoms with Crippen molar-refractivity contribution >= 4 is 6.29 Å². The molecule has 44 valence electrons. The third-order valence-electron chi connectivity index (χ3n) is 0.641. The molecule has 0 bridgehead atoms. The van der Waals surface area contributed by atoms with Crippen LogP contribution in [0, 0.1) is 11.3 Å². The van der Waals surface area contributed by atoms with Crippen molar-refractivity contribution in [2.24, 2.45) is 0 Å². The molecule has 0 aromatic carbocycles. The number of rotatable bonds is 4. The van der Waals surface area contributed by atoms with Crippen LogP contribution in [0.15, 0.2) is 0 Å². The number of nitrogens with one attached hydrogen (secondary N) is 1. The van der Waals surface area contributed by atoms with E-state index in [0.717, 1.165) is 6.29 Å². The molecule has 0 aliphatic rings. The highest BCUT2D eigenvalue weighted by Crippen LogP contribution is 1.66. The third kappa shape index (κ3) is 5.12. The molecule has 0 saturated carbocycles. The van der Waals surface area contributed by atoms with Gasteiger partial charge in [0.2, 0.25) is 0 Å². The molecule has 0 aliphatic carbocycles. The van der Waals surface area contributed by atoms with Crippen LogP contribution in [0.3, 0.4) is 0 Å². The summed E-state index contributed by atoms with van der Waals surface area (Å²) in [6.45, 7) is 0.955. The predicted molar refractivity (Wildman–Crippen MR) is 29.2 cm³/mol. The van der Waals surface area contributed by atoms with Gasteiger partial charge in [-0.15, -0.1) is 0 Å². The van der Waals surface area contributed by atoms with E-state index in [1.54, 1.807) is 0 Å². The first-order valence-corrected chi connectivity index (χ1v) is 2.43. The van der Waals surface area contributed by atoms with Crippen LogP contribution in [0.4, 0.5) is 0 Å². The molecule has 0 aromatic heterocycles. The summed E-state index contributed by atoms with van der Waals surface area (Å²) in [4.78, 5) is 9.62. The molecular formula is C5H8N2O. The summed E-state index contributed by atoms with van der Waals surface area (Å²) >= 11 is 0. The Balaban J connectivity index is 2.74. The van der Waals surface area contributed by atoms with Crippen molar-refractivity contribution < 1.29 is 4.79 Å². The van der Waals surface area contributed by atoms with E-state index in [1.165, 1.54) is 0 Å². The molecule has 0 atom stereocenters. The molecular weight excluding hydrogens is 104 g/mol. The molecule has 3 nitrogen and oxygen atoms in total. The number of hydrogen-bond acceptors (Lipinski definition) is 3. The minimum absolute atomic E-state index is 0.349. The summed E-state index contributed by atoms with van der Waals surface area (Å²) in [7, 11) is 0. The van der Waals surface area contributed by atoms with Gasteiger partial charge in [0, 0.05) is 13.0 Å². The lowest BCUT2D eigenvalue weighted by atomic mass is 10.5. The molecule has 1 N–H and O–H groups in total. The third-order valence-corrected chi connectivity index (χ3v) is 0.641. The van der Waals surface area contributed by atoms with Crippen LogP contribution in [0.1, 0.15) is 6.42 Å². The standard InChI is InChI=1S/C5H8N2O/c6-2-1-3-7-4-5-8/h5,7H,1,3-4H2. The van der Waals surface area contributed by atoms with Crippen LogP contribution >= 0.6 is 0 Å². The lowest BCUT2D eigenvalue weighted by Gasteiger charge is -1.89. The Bertz CT molecular complexity index is 95.1. The van der Waals surface area contributed by atoms with Gasteiger partial charge in [-0.3, -0.25) is 0 Å². The second-order valence-corrected chi connectivity index (χ2v) is 1.28. The van der Waals surface area contributed by atoms with Gasteiger partial charge in [-0.1, -0.05) is 0 Å². The van der Waals surface area contributed by atoms with Gasteiger partial charge in [0.05, 0.1) is 12.6 Å². The number of nitrogens with zero attached hydrogens (tertiary/aromatic N) is 1. The first-order chi connectivity index (χ1) is 3.91. The molecule has 0 radical (unpaired) electrons. The van der Waals surface area contributed by atoms with Gasteiger partial charge in [0.15, 0.2) is 0 Å². The van der Waals surface area contributed by atoms with E-state index in [4.69, 9.17) is 5.26 Å². The zero-order valence-electron chi connectivity index (χ0n) is 4.55. The summed E-state index contributed by atoms with van der Waals surface area (Å²) in [5, 5.41) is 10.7. The second kappa shape index (κ2) is 6.12. The quantitative estimate of drug-likeness (QED) is 0.401. The second-order valence-electron chi connectivity index (χ2n) is 1.28. The fourth-order valence-corrected chi connectivity index (χ4v) is 0.305. The van der Waals surface area contributed by atoms with Crippen LogP contribution < -0.4 is 5.32 Å². The number of carbonyl (C=O) groups excluding carboxylic acids is 1. The molecule has 0 saturated heterocycles. The Morgan fingerprint density at radius 3 is 3.00 bits per heavy atom. The van der Waals surface area contributed by atoms with Crippen LogP contribution in [0.25, 0.3) is 0 Å². The average Bonchev–Trinajstić information content (AvgIpc) is 1.81. The van der Waals surface area contributed by atoms with Crippen LogP contribution in [0.2, 0.25) is 0 Å². The molecule has 0 heterocycles. The molecule has 3 heteroatoms. The highest BCUT2D eigenvalue weighted by molar-refractivity contribution is 5.51. The highest BCUT2D eigenvalue weighted by Gasteiger charge is 1.80. The van der Waals surface area contributed by atoms with Crippen molar-refractivity contribution in [3.63, 3.8) is 0 Å². The van der Waals surface area contributed by atoms with Crippen LogP contribution in [-0.2, 0) is 4.79 Å². The van der Waals surface area contributed by atoms with Gasteiger partial charge in [0.1, 0.15) is 6.29 Å². The zero-order chi connectivity index (χ0) is 6.24. The van der Waals surface area contributed by atoms with Gasteiger partial charge in [-0.2, -0.15) is 5.26 Å². The normalized spacial score (nSPS) is 7.88. The Kier molecular flexibility index (Phi) is 5.45. The number of carbonyl (C=O) groups is 1. The van der Waals surface area contributed by atoms with Crippen LogP contribution in [0.5, 0.6) is 0 Å². The fraction of sp³-hybridized carbons (Fsp3) is 0.600. The predicted octanol–water partition coefficient (Wildman–Crippen LogP) is -0.311. The van der Waals surface area contributed by atoms with Gasteiger partial charge in [0.25, 0.3) is 0 Å². The van der Waals surface area contributed by atoms with E-state index in [-0.39, 0.29) is 0 Å². The van der Waals surface area contributed by atoms with Crippen molar-refractivity contribution in [2.45, 2.75) is 6.42 Å². The Labute approximate surface area is 48.3 Å². The smallest absolute Gasteiger partial charge is 0.133 e. The Hall–Kier alpha value is -0.880. The van der Waals surface area contributed by atoms with Crippen LogP contribution in [-0.4, -0.2) is 19.4 Å². The van der Waals surface area contributed by atoms with E-state index in [0.29, 0.717) is 19.5 Å². The average molecular weight is 112 g/mol. The molecule has 0 fully saturated rings. The molecule has 0 aromatic rings. The minimum Gasteiger partial charge on any atom is -0.309 e. The van der Waals surface area contributed by atoms with Gasteiger partial charge in [-0.05, 0) is 0 Å². The monoisotopic (exact) mass is 112 g/mol. The highest BCUT2D eigenvalue weighted by atomic mass is 16.1. The summed E-state index contributed by atoms with van der Waals surface area (Å²) in [5.41, 5.74) is 0. The van der Waals surface area contributed by atoms with Crippen molar-refractivity contribution in [1.82, 2.24) is 5.32 Å². The van der Waals surface area contributed by atoms with Crippen molar-refractivity contribution in [2.75, 3.05) is 13.1 Å². The topological polar surface area (TPSA) is 52.9 Å². The molecule has 0 amide bonds. The Morgan fingerprint density at radius 1 is 1.75 bits per heavy atom. The van der Waals surface area contributed by atoms with E-state index in [1.807, 2.05) is 6.07 Å². The lowest BCUT2D eigenvalue weighted by Crippen LogP contribution is -2.16. The van der Waals surface area contributed by atoms with E-state index in [9.17, 15) is 4.79 Å². The SMILES string of the molecule is N#CCCNCC=O. The lowest BCUT2D eigenvalue weighted by molar-refractivity contribution is -0.107. The minimum atomic E-state index is 0.349. The summed E-state index contributed by atoms with van der Waals surface area (Å²) < 4.78 is 0. The number of hydrogen-bond donors (Lipinski definition) is 1. The van der Waals surface area contributed by atoms with Crippen molar-refractivity contribution in [3.05, 3.63) is 0 Å². The van der Waals surface area contributed by atoms with Gasteiger partial charge < -0.3 is 10.1 Å². The van der Waals surface area contributed by atoms with E-state index < -0.39 is 0 Å². The fourth-order valence-electron chi connectivity index (χ4n) is 0.305. The molecule has 0 spiro atoms. The molecule has 0 rings (SSSR count). The number of aldehydes is 1. The molecule has 0 aliphatic heterocycles. The molecule has 0 unspecified atom stereocenters. The summed E-state index contributed by atoms with van der Waals surface area (Å²) in [5.74, 6) is 0. The summed E-state index contributed by atoms with van der Waals surface area (Å²) in [6.07, 6.45) is 1.24. The van der Waals surface area contributed by atoms with E-state index >= 15 is 0 Å². The zero-order valence-corrected chi connectivity index (χ0v) is 4.55. The Morgan fingerprint density at radius 2 is 2.50 bits per heavy atom. The summed E-state index contributed by atoms with van der Waals surface area (Å²) in [6, 6.07) is 1.95. The first kappa shape index (κ1) is 7.12. The van der Waals surface area contributed by atoms with E-state index in [2.05, 4.69) is 5.32 Å². The first-order valence-electron chi connectivity index (χ1n) is 2.43. The maximum Gasteiger partial charge on any atom is 0.133 e.